The molecule has 2 aromatic heterocycles. The van der Waals surface area contributed by atoms with Crippen LogP contribution >= 0.6 is 0 Å². The van der Waals surface area contributed by atoms with Gasteiger partial charge in [0.15, 0.2) is 0 Å². The number of aromatic amines is 2. The van der Waals surface area contributed by atoms with Crippen molar-refractivity contribution in [2.45, 2.75) is 37.8 Å². The maximum Gasteiger partial charge on any atom is 0.256 e. The van der Waals surface area contributed by atoms with Crippen molar-refractivity contribution in [1.82, 2.24) is 15.0 Å². The molecule has 4 aromatic rings. The SMILES string of the molecule is CN(c1nc2c3cc[nH]c(=O)c3c3cc(F)ccc3c2[nH]1)C1CCC(O)CC1. The highest BCUT2D eigenvalue weighted by atomic mass is 19.1. The van der Waals surface area contributed by atoms with E-state index in [1.54, 1.807) is 12.3 Å². The molecule has 1 aliphatic rings. The fourth-order valence-corrected chi connectivity index (χ4v) is 4.42. The number of rotatable bonds is 2. The van der Waals surface area contributed by atoms with Gasteiger partial charge in [-0.25, -0.2) is 9.37 Å². The molecule has 28 heavy (non-hydrogen) atoms. The van der Waals surface area contributed by atoms with E-state index in [0.29, 0.717) is 27.7 Å². The number of hydrogen-bond donors (Lipinski definition) is 3. The number of halogens is 1. The number of aliphatic hydroxyl groups excluding tert-OH is 1. The summed E-state index contributed by atoms with van der Waals surface area (Å²) >= 11 is 0. The molecule has 0 saturated heterocycles. The summed E-state index contributed by atoms with van der Waals surface area (Å²) in [5, 5.41) is 12.3. The standard InChI is InChI=1S/C21H21FN4O2/c1-26(12-3-5-13(27)6-4-12)21-24-18-14-7-2-11(22)10-16(14)17-15(19(18)25-21)8-9-23-20(17)28/h2,7-10,12-13,27H,3-6H2,1H3,(H,23,28)(H,24,25). The number of fused-ring (bicyclic) bond motifs is 6. The maximum atomic E-state index is 13.9. The number of benzene rings is 2. The topological polar surface area (TPSA) is 85.0 Å². The molecule has 144 valence electrons. The minimum Gasteiger partial charge on any atom is -0.393 e. The van der Waals surface area contributed by atoms with Gasteiger partial charge in [-0.2, -0.15) is 0 Å². The molecule has 6 nitrogen and oxygen atoms in total. The van der Waals surface area contributed by atoms with Gasteiger partial charge in [-0.1, -0.05) is 0 Å². The van der Waals surface area contributed by atoms with Gasteiger partial charge >= 0.3 is 0 Å². The van der Waals surface area contributed by atoms with E-state index in [4.69, 9.17) is 4.98 Å². The molecule has 1 fully saturated rings. The van der Waals surface area contributed by atoms with Crippen LogP contribution in [0.3, 0.4) is 0 Å². The van der Waals surface area contributed by atoms with Gasteiger partial charge in [0.2, 0.25) is 5.95 Å². The van der Waals surface area contributed by atoms with E-state index in [-0.39, 0.29) is 17.5 Å². The predicted octanol–water partition coefficient (Wildman–Crippen LogP) is 3.44. The molecule has 0 atom stereocenters. The third kappa shape index (κ3) is 2.57. The average molecular weight is 380 g/mol. The molecule has 3 N–H and O–H groups in total. The molecule has 0 unspecified atom stereocenters. The van der Waals surface area contributed by atoms with Crippen LogP contribution in [0.1, 0.15) is 25.7 Å². The second-order valence-corrected chi connectivity index (χ2v) is 7.64. The Hall–Kier alpha value is -2.93. The van der Waals surface area contributed by atoms with E-state index in [2.05, 4.69) is 14.9 Å². The Morgan fingerprint density at radius 3 is 2.71 bits per heavy atom. The van der Waals surface area contributed by atoms with Crippen LogP contribution in [-0.4, -0.2) is 39.3 Å². The van der Waals surface area contributed by atoms with Crippen molar-refractivity contribution in [1.29, 1.82) is 0 Å². The Kier molecular flexibility index (Phi) is 3.87. The van der Waals surface area contributed by atoms with Gasteiger partial charge in [-0.3, -0.25) is 4.79 Å². The van der Waals surface area contributed by atoms with Gasteiger partial charge in [-0.15, -0.1) is 0 Å². The molecule has 2 heterocycles. The van der Waals surface area contributed by atoms with Crippen LogP contribution in [0.25, 0.3) is 32.6 Å². The lowest BCUT2D eigenvalue weighted by molar-refractivity contribution is 0.122. The molecular weight excluding hydrogens is 359 g/mol. The first kappa shape index (κ1) is 17.2. The highest BCUT2D eigenvalue weighted by Crippen LogP contribution is 2.34. The summed E-state index contributed by atoms with van der Waals surface area (Å²) in [5.41, 5.74) is 1.25. The summed E-state index contributed by atoms with van der Waals surface area (Å²) in [5.74, 6) is 0.337. The van der Waals surface area contributed by atoms with Crippen LogP contribution in [0.15, 0.2) is 35.3 Å². The molecule has 5 rings (SSSR count). The van der Waals surface area contributed by atoms with Gasteiger partial charge in [0, 0.05) is 35.4 Å². The number of anilines is 1. The lowest BCUT2D eigenvalue weighted by atomic mass is 9.92. The number of hydrogen-bond acceptors (Lipinski definition) is 4. The molecule has 0 radical (unpaired) electrons. The van der Waals surface area contributed by atoms with Crippen molar-refractivity contribution in [3.63, 3.8) is 0 Å². The Labute approximate surface area is 160 Å². The Morgan fingerprint density at radius 1 is 1.14 bits per heavy atom. The van der Waals surface area contributed by atoms with Crippen molar-refractivity contribution < 1.29 is 9.50 Å². The molecule has 0 spiro atoms. The zero-order valence-electron chi connectivity index (χ0n) is 15.5. The molecule has 1 saturated carbocycles. The summed E-state index contributed by atoms with van der Waals surface area (Å²) in [6, 6.07) is 6.60. The summed E-state index contributed by atoms with van der Waals surface area (Å²) in [4.78, 5) is 25.5. The average Bonchev–Trinajstić information content (AvgIpc) is 3.13. The number of H-pyrrole nitrogens is 2. The highest BCUT2D eigenvalue weighted by molar-refractivity contribution is 6.23. The fourth-order valence-electron chi connectivity index (χ4n) is 4.42. The fraction of sp³-hybridized carbons (Fsp3) is 0.333. The van der Waals surface area contributed by atoms with E-state index in [1.165, 1.54) is 12.1 Å². The van der Waals surface area contributed by atoms with Crippen molar-refractivity contribution in [3.05, 3.63) is 46.6 Å². The molecular formula is C21H21FN4O2. The minimum absolute atomic E-state index is 0.213. The number of nitrogens with zero attached hydrogens (tertiary/aromatic N) is 2. The zero-order valence-corrected chi connectivity index (χ0v) is 15.5. The largest absolute Gasteiger partial charge is 0.393 e. The Bertz CT molecular complexity index is 1250. The van der Waals surface area contributed by atoms with Gasteiger partial charge in [0.05, 0.1) is 22.5 Å². The molecule has 2 aromatic carbocycles. The monoisotopic (exact) mass is 380 g/mol. The Balaban J connectivity index is 1.75. The highest BCUT2D eigenvalue weighted by Gasteiger charge is 2.25. The van der Waals surface area contributed by atoms with Crippen molar-refractivity contribution >= 4 is 38.5 Å². The van der Waals surface area contributed by atoms with Crippen molar-refractivity contribution in [3.8, 4) is 0 Å². The van der Waals surface area contributed by atoms with Crippen LogP contribution in [0.2, 0.25) is 0 Å². The summed E-state index contributed by atoms with van der Waals surface area (Å²) in [6.07, 6.45) is 4.76. The predicted molar refractivity (Wildman–Crippen MR) is 108 cm³/mol. The van der Waals surface area contributed by atoms with Gasteiger partial charge in [0.25, 0.3) is 5.56 Å². The van der Waals surface area contributed by atoms with Crippen LogP contribution in [-0.2, 0) is 0 Å². The number of pyridine rings is 1. The third-order valence-corrected chi connectivity index (χ3v) is 5.98. The van der Waals surface area contributed by atoms with Gasteiger partial charge in [0.1, 0.15) is 5.82 Å². The first-order valence-electron chi connectivity index (χ1n) is 9.56. The summed E-state index contributed by atoms with van der Waals surface area (Å²) in [7, 11) is 2.00. The van der Waals surface area contributed by atoms with Crippen LogP contribution in [0.5, 0.6) is 0 Å². The van der Waals surface area contributed by atoms with E-state index in [1.807, 2.05) is 13.1 Å². The lowest BCUT2D eigenvalue weighted by Gasteiger charge is -2.32. The minimum atomic E-state index is -0.381. The molecule has 0 amide bonds. The van der Waals surface area contributed by atoms with E-state index in [9.17, 15) is 14.3 Å². The van der Waals surface area contributed by atoms with E-state index >= 15 is 0 Å². The molecule has 0 aliphatic heterocycles. The second-order valence-electron chi connectivity index (χ2n) is 7.64. The van der Waals surface area contributed by atoms with Gasteiger partial charge in [-0.05, 0) is 49.9 Å². The molecule has 7 heteroatoms. The number of nitrogens with one attached hydrogen (secondary N) is 2. The Morgan fingerprint density at radius 2 is 1.93 bits per heavy atom. The zero-order chi connectivity index (χ0) is 19.4. The smallest absolute Gasteiger partial charge is 0.256 e. The van der Waals surface area contributed by atoms with Crippen LogP contribution in [0.4, 0.5) is 10.3 Å². The normalized spacial score (nSPS) is 20.2. The third-order valence-electron chi connectivity index (χ3n) is 5.98. The van der Waals surface area contributed by atoms with E-state index < -0.39 is 0 Å². The second kappa shape index (κ2) is 6.31. The first-order valence-corrected chi connectivity index (χ1v) is 9.56. The summed E-state index contributed by atoms with van der Waals surface area (Å²) in [6.45, 7) is 0. The maximum absolute atomic E-state index is 13.9. The quantitative estimate of drug-likeness (QED) is 0.465. The van der Waals surface area contributed by atoms with Gasteiger partial charge < -0.3 is 20.0 Å². The lowest BCUT2D eigenvalue weighted by Crippen LogP contribution is -2.36. The summed E-state index contributed by atoms with van der Waals surface area (Å²) < 4.78 is 13.9. The molecule has 1 aliphatic carbocycles. The van der Waals surface area contributed by atoms with E-state index in [0.717, 1.165) is 42.5 Å². The number of aliphatic hydroxyl groups is 1. The number of aromatic nitrogens is 3. The van der Waals surface area contributed by atoms with Crippen LogP contribution < -0.4 is 10.5 Å². The van der Waals surface area contributed by atoms with Crippen molar-refractivity contribution in [2.24, 2.45) is 0 Å². The van der Waals surface area contributed by atoms with Crippen LogP contribution in [0, 0.1) is 5.82 Å². The first-order chi connectivity index (χ1) is 13.5. The number of imidazole rings is 1. The van der Waals surface area contributed by atoms with Crippen molar-refractivity contribution in [2.75, 3.05) is 11.9 Å². The molecule has 0 bridgehead atoms.